The zero-order valence-corrected chi connectivity index (χ0v) is 14.5. The second-order valence-corrected chi connectivity index (χ2v) is 6.11. The number of nitrogens with zero attached hydrogens (tertiary/aromatic N) is 3. The highest BCUT2D eigenvalue weighted by Crippen LogP contribution is 2.24. The van der Waals surface area contributed by atoms with Crippen LogP contribution in [-0.4, -0.2) is 48.2 Å². The third kappa shape index (κ3) is 4.14. The summed E-state index contributed by atoms with van der Waals surface area (Å²) in [6.45, 7) is 4.87. The zero-order valence-electron chi connectivity index (χ0n) is 14.5. The van der Waals surface area contributed by atoms with E-state index >= 15 is 0 Å². The van der Waals surface area contributed by atoms with E-state index in [1.54, 1.807) is 20.4 Å². The third-order valence-corrected chi connectivity index (χ3v) is 4.22. The summed E-state index contributed by atoms with van der Waals surface area (Å²) in [5.41, 5.74) is 2.17. The highest BCUT2D eigenvalue weighted by Gasteiger charge is 2.23. The van der Waals surface area contributed by atoms with Crippen molar-refractivity contribution >= 4 is 5.95 Å². The standard InChI is InChI=1S/C18H24N4O2/c1-13-4-6-19-18(20-13)21-15-5-7-22(12-15)11-14-8-16(23-2)10-17(9-14)24-3/h4,6,8-10,15H,5,7,11-12H2,1-3H3,(H,19,20,21). The van der Waals surface area contributed by atoms with Gasteiger partial charge in [-0.3, -0.25) is 4.90 Å². The molecule has 24 heavy (non-hydrogen) atoms. The fourth-order valence-electron chi connectivity index (χ4n) is 3.01. The molecule has 3 rings (SSSR count). The van der Waals surface area contributed by atoms with Crippen LogP contribution < -0.4 is 14.8 Å². The molecule has 2 aromatic rings. The Morgan fingerprint density at radius 2 is 1.96 bits per heavy atom. The number of rotatable bonds is 6. The number of hydrogen-bond donors (Lipinski definition) is 1. The molecule has 6 heteroatoms. The van der Waals surface area contributed by atoms with E-state index in [0.717, 1.165) is 43.2 Å². The van der Waals surface area contributed by atoms with Crippen LogP contribution in [0.2, 0.25) is 0 Å². The first-order valence-electron chi connectivity index (χ1n) is 8.17. The summed E-state index contributed by atoms with van der Waals surface area (Å²) in [4.78, 5) is 11.1. The molecule has 2 heterocycles. The first-order valence-corrected chi connectivity index (χ1v) is 8.17. The van der Waals surface area contributed by atoms with Crippen molar-refractivity contribution in [1.29, 1.82) is 0 Å². The smallest absolute Gasteiger partial charge is 0.223 e. The maximum absolute atomic E-state index is 5.35. The minimum atomic E-state index is 0.374. The maximum atomic E-state index is 5.35. The van der Waals surface area contributed by atoms with Crippen molar-refractivity contribution < 1.29 is 9.47 Å². The summed E-state index contributed by atoms with van der Waals surface area (Å²) >= 11 is 0. The van der Waals surface area contributed by atoms with Crippen LogP contribution in [0.25, 0.3) is 0 Å². The van der Waals surface area contributed by atoms with E-state index in [1.165, 1.54) is 5.56 Å². The number of likely N-dealkylation sites (tertiary alicyclic amines) is 1. The topological polar surface area (TPSA) is 59.5 Å². The number of methoxy groups -OCH3 is 2. The molecule has 1 atom stereocenters. The van der Waals surface area contributed by atoms with Crippen molar-refractivity contribution in [1.82, 2.24) is 14.9 Å². The summed E-state index contributed by atoms with van der Waals surface area (Å²) in [7, 11) is 3.35. The van der Waals surface area contributed by atoms with Crippen LogP contribution in [0.4, 0.5) is 5.95 Å². The van der Waals surface area contributed by atoms with Crippen LogP contribution >= 0.6 is 0 Å². The van der Waals surface area contributed by atoms with Gasteiger partial charge in [0.1, 0.15) is 11.5 Å². The van der Waals surface area contributed by atoms with Gasteiger partial charge in [-0.25, -0.2) is 9.97 Å². The van der Waals surface area contributed by atoms with Gasteiger partial charge in [0, 0.05) is 43.6 Å². The molecule has 0 saturated carbocycles. The molecule has 1 N–H and O–H groups in total. The van der Waals surface area contributed by atoms with Gasteiger partial charge in [-0.15, -0.1) is 0 Å². The van der Waals surface area contributed by atoms with Gasteiger partial charge in [0.25, 0.3) is 0 Å². The summed E-state index contributed by atoms with van der Waals surface area (Å²) < 4.78 is 10.7. The molecule has 1 saturated heterocycles. The van der Waals surface area contributed by atoms with Crippen molar-refractivity contribution in [3.63, 3.8) is 0 Å². The molecule has 0 spiro atoms. The third-order valence-electron chi connectivity index (χ3n) is 4.22. The van der Waals surface area contributed by atoms with Crippen molar-refractivity contribution in [3.8, 4) is 11.5 Å². The van der Waals surface area contributed by atoms with Crippen molar-refractivity contribution in [2.24, 2.45) is 0 Å². The quantitative estimate of drug-likeness (QED) is 0.879. The van der Waals surface area contributed by atoms with Crippen molar-refractivity contribution in [2.75, 3.05) is 32.6 Å². The van der Waals surface area contributed by atoms with Crippen LogP contribution in [-0.2, 0) is 6.54 Å². The molecular formula is C18H24N4O2. The molecule has 1 aliphatic rings. The Morgan fingerprint density at radius 1 is 1.21 bits per heavy atom. The average molecular weight is 328 g/mol. The molecule has 0 radical (unpaired) electrons. The highest BCUT2D eigenvalue weighted by molar-refractivity contribution is 5.38. The number of nitrogens with one attached hydrogen (secondary N) is 1. The number of aromatic nitrogens is 2. The lowest BCUT2D eigenvalue weighted by Gasteiger charge is -2.18. The predicted octanol–water partition coefficient (Wildman–Crippen LogP) is 2.49. The summed E-state index contributed by atoms with van der Waals surface area (Å²) in [6, 6.07) is 8.30. The Balaban J connectivity index is 1.60. The molecule has 0 aliphatic carbocycles. The van der Waals surface area contributed by atoms with Crippen LogP contribution in [0, 0.1) is 6.92 Å². The first kappa shape index (κ1) is 16.5. The van der Waals surface area contributed by atoms with Crippen LogP contribution in [0.3, 0.4) is 0 Å². The van der Waals surface area contributed by atoms with Gasteiger partial charge >= 0.3 is 0 Å². The maximum Gasteiger partial charge on any atom is 0.223 e. The number of ether oxygens (including phenoxy) is 2. The molecule has 0 bridgehead atoms. The van der Waals surface area contributed by atoms with E-state index in [0.29, 0.717) is 12.0 Å². The van der Waals surface area contributed by atoms with Gasteiger partial charge in [0.05, 0.1) is 14.2 Å². The summed E-state index contributed by atoms with van der Waals surface area (Å²) in [5, 5.41) is 3.43. The Bertz CT molecular complexity index is 670. The normalized spacial score (nSPS) is 17.7. The fraction of sp³-hybridized carbons (Fsp3) is 0.444. The second kappa shape index (κ2) is 7.49. The number of benzene rings is 1. The van der Waals surface area contributed by atoms with Gasteiger partial charge in [0.15, 0.2) is 0 Å². The van der Waals surface area contributed by atoms with Crippen molar-refractivity contribution in [3.05, 3.63) is 41.7 Å². The van der Waals surface area contributed by atoms with E-state index in [4.69, 9.17) is 9.47 Å². The number of anilines is 1. The van der Waals surface area contributed by atoms with E-state index < -0.39 is 0 Å². The van der Waals surface area contributed by atoms with Gasteiger partial charge in [-0.05, 0) is 37.1 Å². The average Bonchev–Trinajstić information content (AvgIpc) is 3.01. The van der Waals surface area contributed by atoms with Gasteiger partial charge < -0.3 is 14.8 Å². The summed E-state index contributed by atoms with van der Waals surface area (Å²) in [5.74, 6) is 2.36. The van der Waals surface area contributed by atoms with Gasteiger partial charge in [-0.2, -0.15) is 0 Å². The Morgan fingerprint density at radius 3 is 2.62 bits per heavy atom. The highest BCUT2D eigenvalue weighted by atomic mass is 16.5. The lowest BCUT2D eigenvalue weighted by molar-refractivity contribution is 0.326. The minimum Gasteiger partial charge on any atom is -0.497 e. The Hall–Kier alpha value is -2.34. The molecule has 1 fully saturated rings. The first-order chi connectivity index (χ1) is 11.7. The molecule has 1 unspecified atom stereocenters. The molecular weight excluding hydrogens is 304 g/mol. The van der Waals surface area contributed by atoms with Crippen LogP contribution in [0.15, 0.2) is 30.5 Å². The van der Waals surface area contributed by atoms with E-state index in [9.17, 15) is 0 Å². The zero-order chi connectivity index (χ0) is 16.9. The molecule has 1 aromatic carbocycles. The van der Waals surface area contributed by atoms with E-state index in [-0.39, 0.29) is 0 Å². The second-order valence-electron chi connectivity index (χ2n) is 6.11. The molecule has 128 valence electrons. The molecule has 1 aliphatic heterocycles. The molecule has 0 amide bonds. The fourth-order valence-corrected chi connectivity index (χ4v) is 3.01. The van der Waals surface area contributed by atoms with Crippen LogP contribution in [0.1, 0.15) is 17.7 Å². The lowest BCUT2D eigenvalue weighted by atomic mass is 10.2. The SMILES string of the molecule is COc1cc(CN2CCC(Nc3nccc(C)n3)C2)cc(OC)c1. The number of aryl methyl sites for hydroxylation is 1. The van der Waals surface area contributed by atoms with E-state index in [2.05, 4.69) is 32.3 Å². The predicted molar refractivity (Wildman–Crippen MR) is 93.6 cm³/mol. The molecule has 6 nitrogen and oxygen atoms in total. The van der Waals surface area contributed by atoms with E-state index in [1.807, 2.05) is 19.1 Å². The van der Waals surface area contributed by atoms with Gasteiger partial charge in [-0.1, -0.05) is 0 Å². The summed E-state index contributed by atoms with van der Waals surface area (Å²) in [6.07, 6.45) is 2.87. The van der Waals surface area contributed by atoms with Crippen LogP contribution in [0.5, 0.6) is 11.5 Å². The lowest BCUT2D eigenvalue weighted by Crippen LogP contribution is -2.26. The largest absolute Gasteiger partial charge is 0.497 e. The number of hydrogen-bond acceptors (Lipinski definition) is 6. The van der Waals surface area contributed by atoms with Crippen molar-refractivity contribution in [2.45, 2.75) is 25.9 Å². The monoisotopic (exact) mass is 328 g/mol. The minimum absolute atomic E-state index is 0.374. The van der Waals surface area contributed by atoms with Gasteiger partial charge in [0.2, 0.25) is 5.95 Å². The Kier molecular flexibility index (Phi) is 5.15. The molecule has 1 aromatic heterocycles. The Labute approximate surface area is 142 Å².